The highest BCUT2D eigenvalue weighted by Gasteiger charge is 2.27. The predicted octanol–water partition coefficient (Wildman–Crippen LogP) is 1.16. The van der Waals surface area contributed by atoms with E-state index in [-0.39, 0.29) is 11.4 Å². The minimum atomic E-state index is -3.54. The van der Waals surface area contributed by atoms with Crippen molar-refractivity contribution in [3.8, 4) is 0 Å². The van der Waals surface area contributed by atoms with E-state index in [0.717, 1.165) is 18.5 Å². The molecule has 112 valence electrons. The maximum Gasteiger partial charge on any atom is 0.242 e. The summed E-state index contributed by atoms with van der Waals surface area (Å²) in [5.74, 6) is 0. The number of nitrogens with two attached hydrogens (primary N) is 1. The van der Waals surface area contributed by atoms with E-state index in [1.807, 2.05) is 10.6 Å². The molecule has 0 spiro atoms. The lowest BCUT2D eigenvalue weighted by Gasteiger charge is -2.04. The topological polar surface area (TPSA) is 90.0 Å². The number of hydrogen-bond donors (Lipinski definition) is 2. The molecule has 0 radical (unpaired) electrons. The second kappa shape index (κ2) is 5.59. The highest BCUT2D eigenvalue weighted by Crippen LogP contribution is 2.37. The summed E-state index contributed by atoms with van der Waals surface area (Å²) < 4.78 is 29.2. The largest absolute Gasteiger partial charge is 0.346 e. The van der Waals surface area contributed by atoms with Gasteiger partial charge >= 0.3 is 0 Å². The van der Waals surface area contributed by atoms with Gasteiger partial charge in [-0.2, -0.15) is 0 Å². The molecule has 1 aliphatic carbocycles. The zero-order valence-corrected chi connectivity index (χ0v) is 12.4. The van der Waals surface area contributed by atoms with Gasteiger partial charge < -0.3 is 10.3 Å². The van der Waals surface area contributed by atoms with Crippen molar-refractivity contribution in [3.63, 3.8) is 0 Å². The third kappa shape index (κ3) is 3.15. The number of nitrogens with zero attached hydrogens (tertiary/aromatic N) is 2. The number of pyridine rings is 1. The van der Waals surface area contributed by atoms with Crippen LogP contribution in [0.1, 0.15) is 30.3 Å². The number of aromatic nitrogens is 2. The SMILES string of the molecule is NCc1cc(S(=O)(=O)NCc2ccccn2)cn1C1CC1. The molecule has 0 bridgehead atoms. The van der Waals surface area contributed by atoms with Gasteiger partial charge in [-0.1, -0.05) is 6.07 Å². The number of nitrogens with one attached hydrogen (secondary N) is 1. The van der Waals surface area contributed by atoms with E-state index in [9.17, 15) is 8.42 Å². The van der Waals surface area contributed by atoms with Crippen LogP contribution in [0.5, 0.6) is 0 Å². The lowest BCUT2D eigenvalue weighted by atomic mass is 10.4. The molecule has 1 saturated carbocycles. The van der Waals surface area contributed by atoms with Crippen LogP contribution in [0.2, 0.25) is 0 Å². The fourth-order valence-electron chi connectivity index (χ4n) is 2.25. The van der Waals surface area contributed by atoms with Crippen molar-refractivity contribution < 1.29 is 8.42 Å². The van der Waals surface area contributed by atoms with E-state index in [1.54, 1.807) is 30.6 Å². The third-order valence-corrected chi connectivity index (χ3v) is 4.90. The van der Waals surface area contributed by atoms with E-state index in [4.69, 9.17) is 5.73 Å². The van der Waals surface area contributed by atoms with Crippen molar-refractivity contribution in [3.05, 3.63) is 48.0 Å². The third-order valence-electron chi connectivity index (χ3n) is 3.54. The van der Waals surface area contributed by atoms with Gasteiger partial charge in [-0.25, -0.2) is 13.1 Å². The average molecular weight is 306 g/mol. The molecular formula is C14H18N4O2S. The lowest BCUT2D eigenvalue weighted by molar-refractivity contribution is 0.580. The van der Waals surface area contributed by atoms with E-state index in [2.05, 4.69) is 9.71 Å². The first kappa shape index (κ1) is 14.2. The fraction of sp³-hybridized carbons (Fsp3) is 0.357. The molecule has 0 aromatic carbocycles. The Labute approximate surface area is 124 Å². The van der Waals surface area contributed by atoms with E-state index in [0.29, 0.717) is 18.3 Å². The van der Waals surface area contributed by atoms with Crippen molar-refractivity contribution in [1.29, 1.82) is 0 Å². The molecule has 1 aliphatic rings. The Morgan fingerprint density at radius 3 is 2.81 bits per heavy atom. The van der Waals surface area contributed by atoms with Gasteiger partial charge in [-0.15, -0.1) is 0 Å². The number of sulfonamides is 1. The maximum atomic E-state index is 12.3. The molecule has 0 aliphatic heterocycles. The first-order valence-corrected chi connectivity index (χ1v) is 8.39. The predicted molar refractivity (Wildman–Crippen MR) is 78.9 cm³/mol. The normalized spacial score (nSPS) is 15.3. The van der Waals surface area contributed by atoms with Crippen molar-refractivity contribution in [2.24, 2.45) is 5.73 Å². The van der Waals surface area contributed by atoms with E-state index < -0.39 is 10.0 Å². The van der Waals surface area contributed by atoms with Crippen molar-refractivity contribution in [2.45, 2.75) is 36.9 Å². The summed E-state index contributed by atoms with van der Waals surface area (Å²) in [6.07, 6.45) is 5.49. The van der Waals surface area contributed by atoms with Crippen LogP contribution in [0.25, 0.3) is 0 Å². The Balaban J connectivity index is 1.78. The molecule has 0 saturated heterocycles. The zero-order valence-electron chi connectivity index (χ0n) is 11.6. The molecule has 6 nitrogen and oxygen atoms in total. The van der Waals surface area contributed by atoms with Crippen LogP contribution in [0.15, 0.2) is 41.6 Å². The summed E-state index contributed by atoms with van der Waals surface area (Å²) >= 11 is 0. The molecule has 2 aromatic rings. The number of rotatable bonds is 6. The van der Waals surface area contributed by atoms with Crippen LogP contribution >= 0.6 is 0 Å². The van der Waals surface area contributed by atoms with Crippen LogP contribution < -0.4 is 10.5 Å². The monoisotopic (exact) mass is 306 g/mol. The molecule has 7 heteroatoms. The van der Waals surface area contributed by atoms with Gasteiger partial charge in [0.2, 0.25) is 10.0 Å². The maximum absolute atomic E-state index is 12.3. The van der Waals surface area contributed by atoms with Crippen LogP contribution in [-0.4, -0.2) is 18.0 Å². The van der Waals surface area contributed by atoms with Gasteiger partial charge in [-0.05, 0) is 31.0 Å². The molecule has 3 N–H and O–H groups in total. The molecule has 3 rings (SSSR count). The van der Waals surface area contributed by atoms with Crippen LogP contribution in [-0.2, 0) is 23.1 Å². The summed E-state index contributed by atoms with van der Waals surface area (Å²) in [5, 5.41) is 0. The molecule has 1 fully saturated rings. The first-order valence-electron chi connectivity index (χ1n) is 6.90. The number of hydrogen-bond acceptors (Lipinski definition) is 4. The average Bonchev–Trinajstić information content (AvgIpc) is 3.24. The molecule has 21 heavy (non-hydrogen) atoms. The Hall–Kier alpha value is -1.70. The van der Waals surface area contributed by atoms with Gasteiger partial charge in [0.05, 0.1) is 17.1 Å². The van der Waals surface area contributed by atoms with Crippen LogP contribution in [0.4, 0.5) is 0 Å². The summed E-state index contributed by atoms with van der Waals surface area (Å²) in [5.41, 5.74) is 7.23. The highest BCUT2D eigenvalue weighted by atomic mass is 32.2. The molecular weight excluding hydrogens is 288 g/mol. The van der Waals surface area contributed by atoms with Gasteiger partial charge in [0.25, 0.3) is 0 Å². The standard InChI is InChI=1S/C14H18N4O2S/c15-8-13-7-14(10-18(13)12-4-5-12)21(19,20)17-9-11-3-1-2-6-16-11/h1-3,6-7,10,12,17H,4-5,8-9,15H2. The zero-order chi connectivity index (χ0) is 14.9. The van der Waals surface area contributed by atoms with E-state index >= 15 is 0 Å². The molecule has 2 aromatic heterocycles. The van der Waals surface area contributed by atoms with Crippen molar-refractivity contribution in [1.82, 2.24) is 14.3 Å². The molecule has 0 amide bonds. The second-order valence-electron chi connectivity index (χ2n) is 5.16. The van der Waals surface area contributed by atoms with Gasteiger partial charge in [0.15, 0.2) is 0 Å². The lowest BCUT2D eigenvalue weighted by Crippen LogP contribution is -2.23. The Bertz CT molecular complexity index is 721. The van der Waals surface area contributed by atoms with Crippen molar-refractivity contribution >= 4 is 10.0 Å². The minimum absolute atomic E-state index is 0.176. The molecule has 0 atom stereocenters. The Morgan fingerprint density at radius 1 is 1.38 bits per heavy atom. The smallest absolute Gasteiger partial charge is 0.242 e. The highest BCUT2D eigenvalue weighted by molar-refractivity contribution is 7.89. The summed E-state index contributed by atoms with van der Waals surface area (Å²) in [7, 11) is -3.54. The Morgan fingerprint density at radius 2 is 2.19 bits per heavy atom. The van der Waals surface area contributed by atoms with Gasteiger partial charge in [-0.3, -0.25) is 4.98 Å². The summed E-state index contributed by atoms with van der Waals surface area (Å²) in [6.45, 7) is 0.516. The summed E-state index contributed by atoms with van der Waals surface area (Å²) in [6, 6.07) is 7.46. The minimum Gasteiger partial charge on any atom is -0.346 e. The molecule has 0 unspecified atom stereocenters. The van der Waals surface area contributed by atoms with Crippen LogP contribution in [0.3, 0.4) is 0 Å². The van der Waals surface area contributed by atoms with Crippen LogP contribution in [0, 0.1) is 0 Å². The van der Waals surface area contributed by atoms with E-state index in [1.165, 1.54) is 0 Å². The quantitative estimate of drug-likeness (QED) is 0.838. The first-order chi connectivity index (χ1) is 10.1. The van der Waals surface area contributed by atoms with Crippen molar-refractivity contribution in [2.75, 3.05) is 0 Å². The van der Waals surface area contributed by atoms with Gasteiger partial charge in [0.1, 0.15) is 0 Å². The van der Waals surface area contributed by atoms with Gasteiger partial charge in [0, 0.05) is 30.7 Å². The second-order valence-corrected chi connectivity index (χ2v) is 6.92. The molecule has 2 heterocycles. The Kier molecular flexibility index (Phi) is 3.79. The fourth-order valence-corrected chi connectivity index (χ4v) is 3.30. The summed E-state index contributed by atoms with van der Waals surface area (Å²) in [4.78, 5) is 4.37.